The van der Waals surface area contributed by atoms with Gasteiger partial charge >= 0.3 is 0 Å². The van der Waals surface area contributed by atoms with Crippen LogP contribution in [0.15, 0.2) is 53.1 Å². The van der Waals surface area contributed by atoms with E-state index in [2.05, 4.69) is 10.1 Å². The van der Waals surface area contributed by atoms with E-state index in [1.165, 1.54) is 12.1 Å². The Bertz CT molecular complexity index is 955. The quantitative estimate of drug-likeness (QED) is 0.691. The minimum Gasteiger partial charge on any atom is -0.497 e. The highest BCUT2D eigenvalue weighted by atomic mass is 19.1. The summed E-state index contributed by atoms with van der Waals surface area (Å²) < 4.78 is 23.6. The molecule has 138 valence electrons. The number of aromatic nitrogens is 2. The van der Waals surface area contributed by atoms with Gasteiger partial charge in [0, 0.05) is 25.1 Å². The van der Waals surface area contributed by atoms with E-state index >= 15 is 0 Å². The molecule has 0 radical (unpaired) electrons. The van der Waals surface area contributed by atoms with Gasteiger partial charge in [-0.3, -0.25) is 4.79 Å². The number of hydrogen-bond donors (Lipinski definition) is 0. The minimum atomic E-state index is -0.322. The summed E-state index contributed by atoms with van der Waals surface area (Å²) in [5.41, 5.74) is 1.67. The molecule has 2 aromatic carbocycles. The SMILES string of the molecule is COc1cccc(CN2CC(c3nc(-c4ccc(F)cc4)no3)CC2=O)c1. The molecule has 1 aliphatic rings. The van der Waals surface area contributed by atoms with Crippen LogP contribution in [0.2, 0.25) is 0 Å². The van der Waals surface area contributed by atoms with Crippen LogP contribution in [-0.4, -0.2) is 34.6 Å². The number of hydrogen-bond acceptors (Lipinski definition) is 5. The summed E-state index contributed by atoms with van der Waals surface area (Å²) in [5, 5.41) is 3.96. The van der Waals surface area contributed by atoms with Crippen molar-refractivity contribution in [3.05, 3.63) is 65.8 Å². The van der Waals surface area contributed by atoms with Crippen molar-refractivity contribution in [3.63, 3.8) is 0 Å². The fraction of sp³-hybridized carbons (Fsp3) is 0.250. The Morgan fingerprint density at radius 1 is 1.26 bits per heavy atom. The average molecular weight is 367 g/mol. The van der Waals surface area contributed by atoms with Crippen molar-refractivity contribution in [1.29, 1.82) is 0 Å². The molecule has 6 nitrogen and oxygen atoms in total. The fourth-order valence-corrected chi connectivity index (χ4v) is 3.20. The highest BCUT2D eigenvalue weighted by Gasteiger charge is 2.34. The molecular formula is C20H18FN3O3. The highest BCUT2D eigenvalue weighted by molar-refractivity contribution is 5.79. The number of likely N-dealkylation sites (tertiary alicyclic amines) is 1. The molecule has 1 aromatic heterocycles. The lowest BCUT2D eigenvalue weighted by Crippen LogP contribution is -2.24. The van der Waals surface area contributed by atoms with E-state index in [4.69, 9.17) is 9.26 Å². The molecule has 2 heterocycles. The Balaban J connectivity index is 1.46. The van der Waals surface area contributed by atoms with Gasteiger partial charge in [0.15, 0.2) is 0 Å². The molecule has 1 unspecified atom stereocenters. The van der Waals surface area contributed by atoms with Crippen LogP contribution in [0.3, 0.4) is 0 Å². The standard InChI is InChI=1S/C20H18FN3O3/c1-26-17-4-2-3-13(9-17)11-24-12-15(10-18(24)25)20-22-19(23-27-20)14-5-7-16(21)8-6-14/h2-9,15H,10-12H2,1H3. The lowest BCUT2D eigenvalue weighted by Gasteiger charge is -2.16. The van der Waals surface area contributed by atoms with E-state index in [9.17, 15) is 9.18 Å². The van der Waals surface area contributed by atoms with Crippen molar-refractivity contribution >= 4 is 5.91 Å². The molecule has 1 aliphatic heterocycles. The number of carbonyl (C=O) groups is 1. The smallest absolute Gasteiger partial charge is 0.232 e. The number of benzene rings is 2. The van der Waals surface area contributed by atoms with Gasteiger partial charge in [0.05, 0.1) is 13.0 Å². The summed E-state index contributed by atoms with van der Waals surface area (Å²) in [7, 11) is 1.62. The van der Waals surface area contributed by atoms with Crippen molar-refractivity contribution in [2.75, 3.05) is 13.7 Å². The van der Waals surface area contributed by atoms with Gasteiger partial charge in [0.1, 0.15) is 11.6 Å². The van der Waals surface area contributed by atoms with E-state index in [1.54, 1.807) is 24.1 Å². The second-order valence-corrected chi connectivity index (χ2v) is 6.49. The van der Waals surface area contributed by atoms with Crippen LogP contribution in [0.1, 0.15) is 23.8 Å². The molecule has 0 saturated carbocycles. The van der Waals surface area contributed by atoms with Crippen LogP contribution in [0.25, 0.3) is 11.4 Å². The molecule has 1 amide bonds. The van der Waals surface area contributed by atoms with E-state index in [0.29, 0.717) is 36.8 Å². The minimum absolute atomic E-state index is 0.0457. The van der Waals surface area contributed by atoms with E-state index < -0.39 is 0 Å². The zero-order chi connectivity index (χ0) is 18.8. The first-order valence-electron chi connectivity index (χ1n) is 8.62. The summed E-state index contributed by atoms with van der Waals surface area (Å²) in [5.74, 6) is 1.15. The third kappa shape index (κ3) is 3.67. The predicted molar refractivity (Wildman–Crippen MR) is 95.5 cm³/mol. The third-order valence-corrected chi connectivity index (χ3v) is 4.62. The van der Waals surface area contributed by atoms with Crippen molar-refractivity contribution < 1.29 is 18.4 Å². The second kappa shape index (κ2) is 7.19. The van der Waals surface area contributed by atoms with Crippen LogP contribution in [0.4, 0.5) is 4.39 Å². The van der Waals surface area contributed by atoms with Gasteiger partial charge in [-0.2, -0.15) is 4.98 Å². The van der Waals surface area contributed by atoms with E-state index in [1.807, 2.05) is 24.3 Å². The van der Waals surface area contributed by atoms with Crippen molar-refractivity contribution in [2.24, 2.45) is 0 Å². The van der Waals surface area contributed by atoms with Crippen LogP contribution < -0.4 is 4.74 Å². The summed E-state index contributed by atoms with van der Waals surface area (Å²) in [6, 6.07) is 13.5. The molecule has 1 fully saturated rings. The summed E-state index contributed by atoms with van der Waals surface area (Å²) in [6.07, 6.45) is 0.328. The average Bonchev–Trinajstić information content (AvgIpc) is 3.30. The summed E-state index contributed by atoms with van der Waals surface area (Å²) in [6.45, 7) is 1.02. The number of carbonyl (C=O) groups excluding carboxylic acids is 1. The predicted octanol–water partition coefficient (Wildman–Crippen LogP) is 3.40. The van der Waals surface area contributed by atoms with Crippen LogP contribution in [0.5, 0.6) is 5.75 Å². The Kier molecular flexibility index (Phi) is 4.58. The number of amides is 1. The highest BCUT2D eigenvalue weighted by Crippen LogP contribution is 2.30. The zero-order valence-corrected chi connectivity index (χ0v) is 14.8. The van der Waals surface area contributed by atoms with Crippen LogP contribution >= 0.6 is 0 Å². The third-order valence-electron chi connectivity index (χ3n) is 4.62. The van der Waals surface area contributed by atoms with Gasteiger partial charge in [-0.05, 0) is 42.0 Å². The zero-order valence-electron chi connectivity index (χ0n) is 14.8. The molecule has 0 N–H and O–H groups in total. The summed E-state index contributed by atoms with van der Waals surface area (Å²) >= 11 is 0. The monoisotopic (exact) mass is 367 g/mol. The van der Waals surface area contributed by atoms with Crippen molar-refractivity contribution in [1.82, 2.24) is 15.0 Å². The van der Waals surface area contributed by atoms with Crippen molar-refractivity contribution in [2.45, 2.75) is 18.9 Å². The number of halogens is 1. The summed E-state index contributed by atoms with van der Waals surface area (Å²) in [4.78, 5) is 18.6. The Labute approximate surface area is 155 Å². The topological polar surface area (TPSA) is 68.5 Å². The first-order valence-corrected chi connectivity index (χ1v) is 8.62. The molecule has 0 aliphatic carbocycles. The van der Waals surface area contributed by atoms with Gasteiger partial charge in [-0.15, -0.1) is 0 Å². The molecule has 7 heteroatoms. The molecule has 4 rings (SSSR count). The first-order chi connectivity index (χ1) is 13.1. The van der Waals surface area contributed by atoms with Crippen LogP contribution in [0, 0.1) is 5.82 Å². The molecule has 27 heavy (non-hydrogen) atoms. The molecule has 3 aromatic rings. The van der Waals surface area contributed by atoms with Gasteiger partial charge in [0.25, 0.3) is 0 Å². The molecule has 0 spiro atoms. The molecule has 0 bridgehead atoms. The number of rotatable bonds is 5. The van der Waals surface area contributed by atoms with Gasteiger partial charge < -0.3 is 14.2 Å². The molecular weight excluding hydrogens is 349 g/mol. The second-order valence-electron chi connectivity index (χ2n) is 6.49. The van der Waals surface area contributed by atoms with Crippen LogP contribution in [-0.2, 0) is 11.3 Å². The van der Waals surface area contributed by atoms with Gasteiger partial charge in [-0.1, -0.05) is 17.3 Å². The fourth-order valence-electron chi connectivity index (χ4n) is 3.20. The largest absolute Gasteiger partial charge is 0.497 e. The Hall–Kier alpha value is -3.22. The lowest BCUT2D eigenvalue weighted by atomic mass is 10.1. The number of methoxy groups -OCH3 is 1. The van der Waals surface area contributed by atoms with Crippen molar-refractivity contribution in [3.8, 4) is 17.1 Å². The number of ether oxygens (including phenoxy) is 1. The maximum atomic E-state index is 13.1. The normalized spacial score (nSPS) is 16.7. The molecule has 1 atom stereocenters. The maximum absolute atomic E-state index is 13.1. The lowest BCUT2D eigenvalue weighted by molar-refractivity contribution is -0.128. The number of nitrogens with zero attached hydrogens (tertiary/aromatic N) is 3. The Morgan fingerprint density at radius 3 is 2.85 bits per heavy atom. The molecule has 1 saturated heterocycles. The first kappa shape index (κ1) is 17.2. The maximum Gasteiger partial charge on any atom is 0.232 e. The van der Waals surface area contributed by atoms with Gasteiger partial charge in [0.2, 0.25) is 17.6 Å². The van der Waals surface area contributed by atoms with E-state index in [0.717, 1.165) is 11.3 Å². The van der Waals surface area contributed by atoms with Gasteiger partial charge in [-0.25, -0.2) is 4.39 Å². The Morgan fingerprint density at radius 2 is 2.07 bits per heavy atom. The van der Waals surface area contributed by atoms with E-state index in [-0.39, 0.29) is 17.6 Å².